The number of hydrogen-bond acceptors (Lipinski definition) is 5. The molecule has 1 aromatic heterocycles. The highest BCUT2D eigenvalue weighted by Gasteiger charge is 2.26. The zero-order valence-electron chi connectivity index (χ0n) is 13.0. The Kier molecular flexibility index (Phi) is 6.14. The van der Waals surface area contributed by atoms with Gasteiger partial charge in [0.05, 0.1) is 17.2 Å². The summed E-state index contributed by atoms with van der Waals surface area (Å²) in [6.45, 7) is 8.51. The van der Waals surface area contributed by atoms with Crippen LogP contribution in [0, 0.1) is 5.92 Å². The monoisotopic (exact) mass is 310 g/mol. The van der Waals surface area contributed by atoms with E-state index in [0.717, 1.165) is 51.3 Å². The van der Waals surface area contributed by atoms with Crippen molar-refractivity contribution in [1.29, 1.82) is 0 Å². The molecule has 2 rings (SSSR count). The van der Waals surface area contributed by atoms with Gasteiger partial charge in [0.2, 0.25) is 5.91 Å². The van der Waals surface area contributed by atoms with E-state index in [1.54, 1.807) is 11.3 Å². The van der Waals surface area contributed by atoms with Crippen LogP contribution in [-0.2, 0) is 11.3 Å². The van der Waals surface area contributed by atoms with Crippen LogP contribution in [0.25, 0.3) is 0 Å². The van der Waals surface area contributed by atoms with E-state index < -0.39 is 0 Å². The van der Waals surface area contributed by atoms with E-state index in [0.29, 0.717) is 0 Å². The highest BCUT2D eigenvalue weighted by atomic mass is 32.1. The third-order valence-corrected chi connectivity index (χ3v) is 4.95. The summed E-state index contributed by atoms with van der Waals surface area (Å²) in [4.78, 5) is 21.1. The van der Waals surface area contributed by atoms with Gasteiger partial charge in [-0.3, -0.25) is 9.69 Å². The molecule has 6 heteroatoms. The molecular formula is C15H26N4OS. The molecule has 2 N–H and O–H groups in total. The predicted molar refractivity (Wildman–Crippen MR) is 86.0 cm³/mol. The van der Waals surface area contributed by atoms with Gasteiger partial charge in [0.1, 0.15) is 0 Å². The summed E-state index contributed by atoms with van der Waals surface area (Å²) in [7, 11) is 0. The highest BCUT2D eigenvalue weighted by Crippen LogP contribution is 2.13. The normalized spacial score (nSPS) is 20.0. The Balaban J connectivity index is 1.86. The molecule has 5 nitrogen and oxygen atoms in total. The number of carbonyl (C=O) groups is 1. The van der Waals surface area contributed by atoms with Gasteiger partial charge in [-0.05, 0) is 12.3 Å². The maximum absolute atomic E-state index is 12.4. The Morgan fingerprint density at radius 2 is 2.24 bits per heavy atom. The number of amides is 1. The van der Waals surface area contributed by atoms with Crippen molar-refractivity contribution in [2.75, 3.05) is 26.2 Å². The van der Waals surface area contributed by atoms with Crippen LogP contribution in [-0.4, -0.2) is 52.9 Å². The van der Waals surface area contributed by atoms with Gasteiger partial charge in [-0.1, -0.05) is 20.3 Å². The van der Waals surface area contributed by atoms with Crippen molar-refractivity contribution in [3.05, 3.63) is 16.6 Å². The molecule has 1 aliphatic rings. The van der Waals surface area contributed by atoms with E-state index in [1.165, 1.54) is 0 Å². The van der Waals surface area contributed by atoms with E-state index >= 15 is 0 Å². The summed E-state index contributed by atoms with van der Waals surface area (Å²) >= 11 is 1.63. The van der Waals surface area contributed by atoms with Crippen LogP contribution in [0.1, 0.15) is 32.4 Å². The van der Waals surface area contributed by atoms with Gasteiger partial charge in [0.25, 0.3) is 0 Å². The summed E-state index contributed by atoms with van der Waals surface area (Å²) < 4.78 is 0. The van der Waals surface area contributed by atoms with Crippen LogP contribution >= 0.6 is 11.3 Å². The zero-order chi connectivity index (χ0) is 15.2. The van der Waals surface area contributed by atoms with E-state index in [-0.39, 0.29) is 17.9 Å². The van der Waals surface area contributed by atoms with Gasteiger partial charge in [0, 0.05) is 38.1 Å². The standard InChI is InChI=1S/C15H26N4OS/c1-3-12(2)14(16)15(20)19-6-4-5-18(7-8-19)9-13-10-21-11-17-13/h10-12,14H,3-9,16H2,1-2H3. The molecule has 0 saturated carbocycles. The molecule has 1 aromatic rings. The van der Waals surface area contributed by atoms with Crippen molar-refractivity contribution in [2.24, 2.45) is 11.7 Å². The number of aromatic nitrogens is 1. The fraction of sp³-hybridized carbons (Fsp3) is 0.733. The molecule has 2 atom stereocenters. The van der Waals surface area contributed by atoms with E-state index in [9.17, 15) is 4.79 Å². The molecule has 2 unspecified atom stereocenters. The highest BCUT2D eigenvalue weighted by molar-refractivity contribution is 7.07. The first-order valence-electron chi connectivity index (χ1n) is 7.75. The minimum atomic E-state index is -0.361. The molecular weight excluding hydrogens is 284 g/mol. The van der Waals surface area contributed by atoms with Crippen molar-refractivity contribution in [1.82, 2.24) is 14.8 Å². The van der Waals surface area contributed by atoms with Crippen LogP contribution in [0.3, 0.4) is 0 Å². The number of nitrogens with two attached hydrogens (primary N) is 1. The van der Waals surface area contributed by atoms with Crippen molar-refractivity contribution in [3.63, 3.8) is 0 Å². The first-order valence-corrected chi connectivity index (χ1v) is 8.70. The van der Waals surface area contributed by atoms with E-state index in [1.807, 2.05) is 10.4 Å². The van der Waals surface area contributed by atoms with Gasteiger partial charge in [-0.25, -0.2) is 4.98 Å². The molecule has 0 aliphatic carbocycles. The largest absolute Gasteiger partial charge is 0.340 e. The van der Waals surface area contributed by atoms with Crippen LogP contribution < -0.4 is 5.73 Å². The number of thiazole rings is 1. The second-order valence-electron chi connectivity index (χ2n) is 5.85. The van der Waals surface area contributed by atoms with Crippen molar-refractivity contribution >= 4 is 17.2 Å². The molecule has 118 valence electrons. The van der Waals surface area contributed by atoms with Crippen molar-refractivity contribution in [2.45, 2.75) is 39.3 Å². The molecule has 1 saturated heterocycles. The van der Waals surface area contributed by atoms with Gasteiger partial charge in [-0.2, -0.15) is 0 Å². The lowest BCUT2D eigenvalue weighted by Gasteiger charge is -2.27. The smallest absolute Gasteiger partial charge is 0.239 e. The molecule has 1 fully saturated rings. The van der Waals surface area contributed by atoms with Crippen LogP contribution in [0.5, 0.6) is 0 Å². The Morgan fingerprint density at radius 1 is 1.43 bits per heavy atom. The Bertz CT molecular complexity index is 437. The third kappa shape index (κ3) is 4.49. The first kappa shape index (κ1) is 16.4. The third-order valence-electron chi connectivity index (χ3n) is 4.31. The lowest BCUT2D eigenvalue weighted by molar-refractivity contribution is -0.133. The predicted octanol–water partition coefficient (Wildman–Crippen LogP) is 1.55. The maximum Gasteiger partial charge on any atom is 0.239 e. The molecule has 1 amide bonds. The molecule has 21 heavy (non-hydrogen) atoms. The first-order chi connectivity index (χ1) is 10.1. The maximum atomic E-state index is 12.4. The summed E-state index contributed by atoms with van der Waals surface area (Å²) in [6, 6.07) is -0.361. The topological polar surface area (TPSA) is 62.5 Å². The average Bonchev–Trinajstić information content (AvgIpc) is 2.89. The van der Waals surface area contributed by atoms with Gasteiger partial charge in [-0.15, -0.1) is 11.3 Å². The van der Waals surface area contributed by atoms with E-state index in [4.69, 9.17) is 5.73 Å². The molecule has 2 heterocycles. The average molecular weight is 310 g/mol. The van der Waals surface area contributed by atoms with E-state index in [2.05, 4.69) is 29.1 Å². The van der Waals surface area contributed by atoms with Crippen LogP contribution in [0.4, 0.5) is 0 Å². The number of carbonyl (C=O) groups excluding carboxylic acids is 1. The zero-order valence-corrected chi connectivity index (χ0v) is 13.8. The second kappa shape index (κ2) is 7.87. The summed E-state index contributed by atoms with van der Waals surface area (Å²) in [5.41, 5.74) is 9.07. The molecule has 0 spiro atoms. The van der Waals surface area contributed by atoms with Crippen LogP contribution in [0.2, 0.25) is 0 Å². The van der Waals surface area contributed by atoms with Gasteiger partial charge in [0.15, 0.2) is 0 Å². The molecule has 0 radical (unpaired) electrons. The fourth-order valence-corrected chi connectivity index (χ4v) is 3.15. The Hall–Kier alpha value is -0.980. The number of hydrogen-bond donors (Lipinski definition) is 1. The van der Waals surface area contributed by atoms with Gasteiger partial charge < -0.3 is 10.6 Å². The number of nitrogens with zero attached hydrogens (tertiary/aromatic N) is 3. The van der Waals surface area contributed by atoms with Gasteiger partial charge >= 0.3 is 0 Å². The Morgan fingerprint density at radius 3 is 2.90 bits per heavy atom. The molecule has 0 aromatic carbocycles. The van der Waals surface area contributed by atoms with Crippen molar-refractivity contribution < 1.29 is 4.79 Å². The molecule has 1 aliphatic heterocycles. The Labute approximate surface area is 131 Å². The lowest BCUT2D eigenvalue weighted by Crippen LogP contribution is -2.48. The number of rotatable bonds is 5. The SMILES string of the molecule is CCC(C)C(N)C(=O)N1CCCN(Cc2cscn2)CC1. The second-order valence-corrected chi connectivity index (χ2v) is 6.56. The summed E-state index contributed by atoms with van der Waals surface area (Å²) in [5, 5.41) is 2.09. The summed E-state index contributed by atoms with van der Waals surface area (Å²) in [6.07, 6.45) is 1.94. The van der Waals surface area contributed by atoms with Crippen LogP contribution in [0.15, 0.2) is 10.9 Å². The quantitative estimate of drug-likeness (QED) is 0.896. The summed E-state index contributed by atoms with van der Waals surface area (Å²) in [5.74, 6) is 0.353. The molecule has 0 bridgehead atoms. The minimum absolute atomic E-state index is 0.111. The fourth-order valence-electron chi connectivity index (χ4n) is 2.60. The minimum Gasteiger partial charge on any atom is -0.340 e. The lowest BCUT2D eigenvalue weighted by atomic mass is 9.99. The van der Waals surface area contributed by atoms with Crippen molar-refractivity contribution in [3.8, 4) is 0 Å².